The summed E-state index contributed by atoms with van der Waals surface area (Å²) in [5.74, 6) is 8.42. The predicted octanol–water partition coefficient (Wildman–Crippen LogP) is 16.7. The molecule has 0 aromatic heterocycles. The first kappa shape index (κ1) is 45.8. The second kappa shape index (κ2) is 14.4. The smallest absolute Gasteiger partial charge is 0.145 e. The van der Waals surface area contributed by atoms with Gasteiger partial charge in [-0.25, -0.2) is 0 Å². The molecule has 0 radical (unpaired) electrons. The summed E-state index contributed by atoms with van der Waals surface area (Å²) in [6, 6.07) is 26.8. The van der Waals surface area contributed by atoms with Gasteiger partial charge in [-0.15, -0.1) is 0 Å². The molecule has 4 aromatic rings. The number of anilines is 2. The highest BCUT2D eigenvalue weighted by molar-refractivity contribution is 5.66. The van der Waals surface area contributed by atoms with Crippen LogP contribution in [-0.2, 0) is 21.7 Å². The van der Waals surface area contributed by atoms with Gasteiger partial charge >= 0.3 is 0 Å². The first-order valence-corrected chi connectivity index (χ1v) is 30.0. The minimum absolute atomic E-state index is 0.0365. The van der Waals surface area contributed by atoms with Crippen LogP contribution in [-0.4, -0.2) is 10.2 Å². The van der Waals surface area contributed by atoms with E-state index in [-0.39, 0.29) is 44.0 Å². The van der Waals surface area contributed by atoms with E-state index in [4.69, 9.17) is 20.9 Å². The summed E-state index contributed by atoms with van der Waals surface area (Å²) in [6.07, 6.45) is 31.0. The van der Waals surface area contributed by atoms with Gasteiger partial charge in [-0.3, -0.25) is 0 Å². The maximum absolute atomic E-state index is 11.8. The van der Waals surface area contributed by atoms with Crippen LogP contribution in [0.4, 0.5) is 11.4 Å². The normalized spacial score (nSPS) is 47.2. The molecular formula is C68H84N2O4. The van der Waals surface area contributed by atoms with Gasteiger partial charge in [0.05, 0.1) is 11.4 Å². The third-order valence-corrected chi connectivity index (χ3v) is 25.2. The van der Waals surface area contributed by atoms with Gasteiger partial charge in [0.1, 0.15) is 34.5 Å². The molecule has 16 saturated carbocycles. The Hall–Kier alpha value is -4.32. The lowest BCUT2D eigenvalue weighted by atomic mass is 9.24. The van der Waals surface area contributed by atoms with Crippen molar-refractivity contribution in [3.63, 3.8) is 0 Å². The second-order valence-electron chi connectivity index (χ2n) is 31.9. The van der Waals surface area contributed by atoms with E-state index in [0.717, 1.165) is 108 Å². The number of benzene rings is 4. The van der Waals surface area contributed by atoms with E-state index in [2.05, 4.69) is 88.4 Å². The molecule has 0 spiro atoms. The third kappa shape index (κ3) is 6.41. The molecular weight excluding hydrogens is 909 g/mol. The SMILES string of the molecule is CC12CC3(C)CC(c4ccc(Oc5ccc(N)c(O)c5C56CC7CC(CC(C7)C5)C6)cc4)(C1)CC(C14CC5(C)CC(C)(CC(c6ccc(Oc7ccc(N)c(O)c7C78CC9CC(CC(C9)C7)C8)cc6)(C5)C1)C4)(C2)C3. The van der Waals surface area contributed by atoms with Crippen LogP contribution in [0.25, 0.3) is 0 Å². The van der Waals surface area contributed by atoms with Gasteiger partial charge in [-0.2, -0.15) is 0 Å². The summed E-state index contributed by atoms with van der Waals surface area (Å²) in [6.45, 7) is 10.8. The summed E-state index contributed by atoms with van der Waals surface area (Å²) < 4.78 is 13.9. The fourth-order valence-corrected chi connectivity index (χ4v) is 26.3. The maximum atomic E-state index is 11.8. The molecule has 0 amide bonds. The number of rotatable bonds is 9. The van der Waals surface area contributed by atoms with E-state index in [0.29, 0.717) is 33.0 Å². The number of phenols is 2. The number of hydrogen-bond donors (Lipinski definition) is 4. The molecule has 16 bridgehead atoms. The zero-order valence-electron chi connectivity index (χ0n) is 45.2. The number of phenolic OH excluding ortho intramolecular Hbond substituents is 2. The summed E-state index contributed by atoms with van der Waals surface area (Å²) in [5, 5.41) is 23.5. The van der Waals surface area contributed by atoms with Crippen LogP contribution >= 0.6 is 0 Å². The summed E-state index contributed by atoms with van der Waals surface area (Å²) in [5.41, 5.74) is 21.0. The molecule has 20 rings (SSSR count). The van der Waals surface area contributed by atoms with E-state index in [1.165, 1.54) is 127 Å². The number of ether oxygens (including phenoxy) is 2. The molecule has 16 fully saturated rings. The maximum Gasteiger partial charge on any atom is 0.145 e. The fraction of sp³-hybridized carbons (Fsp3) is 0.647. The lowest BCUT2D eigenvalue weighted by Gasteiger charge is -2.80. The van der Waals surface area contributed by atoms with Gasteiger partial charge in [0, 0.05) is 22.0 Å². The zero-order valence-corrected chi connectivity index (χ0v) is 45.2. The minimum atomic E-state index is -0.0365. The van der Waals surface area contributed by atoms with Crippen LogP contribution in [0.2, 0.25) is 0 Å². The van der Waals surface area contributed by atoms with Crippen LogP contribution < -0.4 is 20.9 Å². The molecule has 6 nitrogen and oxygen atoms in total. The van der Waals surface area contributed by atoms with Gasteiger partial charge in [-0.05, 0) is 293 Å². The number of aromatic hydroxyl groups is 2. The summed E-state index contributed by atoms with van der Waals surface area (Å²) >= 11 is 0. The average Bonchev–Trinajstić information content (AvgIpc) is 3.40. The molecule has 4 atom stereocenters. The van der Waals surface area contributed by atoms with Crippen molar-refractivity contribution in [1.29, 1.82) is 0 Å². The first-order valence-electron chi connectivity index (χ1n) is 30.0. The third-order valence-electron chi connectivity index (χ3n) is 25.2. The van der Waals surface area contributed by atoms with Crippen molar-refractivity contribution in [1.82, 2.24) is 0 Å². The van der Waals surface area contributed by atoms with Crippen LogP contribution in [0.1, 0.15) is 204 Å². The lowest BCUT2D eigenvalue weighted by Crippen LogP contribution is -2.71. The Morgan fingerprint density at radius 2 is 0.662 bits per heavy atom. The molecule has 0 heterocycles. The Kier molecular flexibility index (Phi) is 8.93. The van der Waals surface area contributed by atoms with E-state index >= 15 is 0 Å². The minimum Gasteiger partial charge on any atom is -0.505 e. The number of hydrogen-bond acceptors (Lipinski definition) is 6. The molecule has 4 aromatic carbocycles. The molecule has 4 unspecified atom stereocenters. The highest BCUT2D eigenvalue weighted by atomic mass is 16.5. The van der Waals surface area contributed by atoms with Gasteiger partial charge in [-0.1, -0.05) is 52.0 Å². The van der Waals surface area contributed by atoms with Crippen molar-refractivity contribution < 1.29 is 19.7 Å². The monoisotopic (exact) mass is 993 g/mol. The van der Waals surface area contributed by atoms with Gasteiger partial charge in [0.15, 0.2) is 0 Å². The summed E-state index contributed by atoms with van der Waals surface area (Å²) in [4.78, 5) is 0. The Balaban J connectivity index is 0.712. The van der Waals surface area contributed by atoms with E-state index in [1.54, 1.807) is 0 Å². The largest absolute Gasteiger partial charge is 0.505 e. The van der Waals surface area contributed by atoms with Gasteiger partial charge < -0.3 is 31.2 Å². The Morgan fingerprint density at radius 1 is 0.365 bits per heavy atom. The van der Waals surface area contributed by atoms with Crippen LogP contribution in [0.3, 0.4) is 0 Å². The Bertz CT molecular complexity index is 2710. The Morgan fingerprint density at radius 3 is 0.959 bits per heavy atom. The zero-order chi connectivity index (χ0) is 50.3. The van der Waals surface area contributed by atoms with E-state index in [9.17, 15) is 10.2 Å². The lowest BCUT2D eigenvalue weighted by molar-refractivity contribution is -0.275. The van der Waals surface area contributed by atoms with Crippen LogP contribution in [0, 0.1) is 68.0 Å². The quantitative estimate of drug-likeness (QED) is 0.0982. The average molecular weight is 993 g/mol. The van der Waals surface area contributed by atoms with Crippen LogP contribution in [0.15, 0.2) is 72.8 Å². The van der Waals surface area contributed by atoms with Crippen molar-refractivity contribution in [2.75, 3.05) is 11.5 Å². The molecule has 6 N–H and O–H groups in total. The predicted molar refractivity (Wildman–Crippen MR) is 294 cm³/mol. The highest BCUT2D eigenvalue weighted by Crippen LogP contribution is 2.85. The fourth-order valence-electron chi connectivity index (χ4n) is 26.3. The Labute approximate surface area is 441 Å². The molecule has 16 aliphatic rings. The number of nitrogen functional groups attached to an aromatic ring is 2. The van der Waals surface area contributed by atoms with Crippen molar-refractivity contribution in [2.45, 2.75) is 203 Å². The van der Waals surface area contributed by atoms with Crippen molar-refractivity contribution >= 4 is 11.4 Å². The standard InChI is InChI=1S/C68H84N2O4/c1-59-29-60(2)32-65(31-59,47-5-9-49(10-6-47)73-53-15-13-51(69)57(71)55(53)63-23-41-17-42(24-63)19-43(18-41)25-63)39-67(35-59,36-60)68-37-61(3)30-62(4,38-68)34-66(33-61,40-68)48-7-11-50(12-8-48)74-54-16-14-52(70)58(72)56(54)64-26-44-20-45(27-64)22-46(21-44)28-64/h5-16,41-46,71-72H,17-40,69-70H2,1-4H3. The van der Waals surface area contributed by atoms with Crippen molar-refractivity contribution in [3.05, 3.63) is 95.1 Å². The topological polar surface area (TPSA) is 111 Å². The molecule has 74 heavy (non-hydrogen) atoms. The van der Waals surface area contributed by atoms with E-state index < -0.39 is 0 Å². The first-order chi connectivity index (χ1) is 35.2. The molecule has 390 valence electrons. The molecule has 16 aliphatic carbocycles. The van der Waals surface area contributed by atoms with Crippen LogP contribution in [0.5, 0.6) is 34.5 Å². The summed E-state index contributed by atoms with van der Waals surface area (Å²) in [7, 11) is 0. The second-order valence-corrected chi connectivity index (χ2v) is 31.9. The van der Waals surface area contributed by atoms with Gasteiger partial charge in [0.25, 0.3) is 0 Å². The molecule has 0 saturated heterocycles. The highest BCUT2D eigenvalue weighted by Gasteiger charge is 2.76. The number of nitrogens with two attached hydrogens (primary N) is 2. The molecule has 6 heteroatoms. The van der Waals surface area contributed by atoms with Crippen molar-refractivity contribution in [2.24, 2.45) is 68.0 Å². The van der Waals surface area contributed by atoms with Crippen molar-refractivity contribution in [3.8, 4) is 34.5 Å². The molecule has 0 aliphatic heterocycles. The van der Waals surface area contributed by atoms with E-state index in [1.807, 2.05) is 12.1 Å². The van der Waals surface area contributed by atoms with Gasteiger partial charge in [0.2, 0.25) is 0 Å².